The number of fused-ring (bicyclic) bond motifs is 1. The van der Waals surface area contributed by atoms with Gasteiger partial charge in [0, 0.05) is 5.56 Å². The molecule has 1 aromatic heterocycles. The van der Waals surface area contributed by atoms with Crippen LogP contribution in [0.25, 0.3) is 22.0 Å². The molecular formula is C24H19N4O5-. The number of carbonyl (C=O) groups excluding carboxylic acids is 2. The van der Waals surface area contributed by atoms with Gasteiger partial charge in [0.05, 0.1) is 30.6 Å². The molecule has 0 atom stereocenters. The number of aromatic nitrogens is 2. The molecule has 1 heterocycles. The van der Waals surface area contributed by atoms with Crippen LogP contribution in [0.15, 0.2) is 71.8 Å². The lowest BCUT2D eigenvalue weighted by Crippen LogP contribution is -2.29. The predicted molar refractivity (Wildman–Crippen MR) is 120 cm³/mol. The Kier molecular flexibility index (Phi) is 6.31. The van der Waals surface area contributed by atoms with Crippen molar-refractivity contribution in [1.82, 2.24) is 15.6 Å². The topological polar surface area (TPSA) is 129 Å². The zero-order chi connectivity index (χ0) is 23.2. The summed E-state index contributed by atoms with van der Waals surface area (Å²) < 4.78 is 10.7. The second-order valence-electron chi connectivity index (χ2n) is 6.93. The number of benzene rings is 3. The molecule has 0 saturated carbocycles. The quantitative estimate of drug-likeness (QED) is 0.317. The Morgan fingerprint density at radius 3 is 2.70 bits per heavy atom. The van der Waals surface area contributed by atoms with Gasteiger partial charge in [-0.05, 0) is 35.0 Å². The Balaban J connectivity index is 1.52. The van der Waals surface area contributed by atoms with Crippen molar-refractivity contribution in [2.75, 3.05) is 13.7 Å². The largest absolute Gasteiger partial charge is 0.546 e. The number of amides is 1. The third-order valence-electron chi connectivity index (χ3n) is 4.82. The number of hydrazone groups is 1. The second-order valence-corrected chi connectivity index (χ2v) is 6.93. The number of para-hydroxylation sites is 1. The van der Waals surface area contributed by atoms with Crippen LogP contribution in [-0.2, 0) is 4.79 Å². The van der Waals surface area contributed by atoms with Crippen molar-refractivity contribution >= 4 is 28.9 Å². The molecule has 0 radical (unpaired) electrons. The van der Waals surface area contributed by atoms with Gasteiger partial charge in [-0.25, -0.2) is 5.43 Å². The molecule has 166 valence electrons. The molecule has 0 bridgehead atoms. The first-order valence-electron chi connectivity index (χ1n) is 9.93. The number of methoxy groups -OCH3 is 1. The maximum absolute atomic E-state index is 12.6. The summed E-state index contributed by atoms with van der Waals surface area (Å²) in [4.78, 5) is 23.2. The highest BCUT2D eigenvalue weighted by Gasteiger charge is 2.16. The van der Waals surface area contributed by atoms with E-state index in [1.807, 2.05) is 36.4 Å². The zero-order valence-electron chi connectivity index (χ0n) is 17.6. The van der Waals surface area contributed by atoms with Gasteiger partial charge in [-0.15, -0.1) is 0 Å². The first-order valence-corrected chi connectivity index (χ1v) is 9.93. The van der Waals surface area contributed by atoms with Gasteiger partial charge in [0.25, 0.3) is 5.91 Å². The fourth-order valence-electron chi connectivity index (χ4n) is 3.33. The minimum atomic E-state index is -1.34. The van der Waals surface area contributed by atoms with E-state index in [0.29, 0.717) is 22.8 Å². The second kappa shape index (κ2) is 9.65. The number of aliphatic carboxylic acids is 1. The van der Waals surface area contributed by atoms with Crippen LogP contribution >= 0.6 is 0 Å². The molecule has 0 aliphatic rings. The smallest absolute Gasteiger partial charge is 0.289 e. The summed E-state index contributed by atoms with van der Waals surface area (Å²) in [5, 5.41) is 23.5. The van der Waals surface area contributed by atoms with E-state index >= 15 is 0 Å². The number of carboxylic acids is 1. The molecule has 0 unspecified atom stereocenters. The Bertz CT molecular complexity index is 1350. The van der Waals surface area contributed by atoms with Crippen LogP contribution < -0.4 is 20.0 Å². The van der Waals surface area contributed by atoms with Crippen molar-refractivity contribution in [3.05, 3.63) is 78.0 Å². The SMILES string of the molecule is COc1ccc2ccccc2c1-c1cc(C(=O)N/N=C\c2ccccc2OCC(=O)[O-])[nH]n1. The first-order chi connectivity index (χ1) is 16.1. The van der Waals surface area contributed by atoms with E-state index in [0.717, 1.165) is 16.3 Å². The minimum absolute atomic E-state index is 0.207. The first kappa shape index (κ1) is 21.6. The fraction of sp³-hybridized carbons (Fsp3) is 0.0833. The molecule has 0 aliphatic heterocycles. The van der Waals surface area contributed by atoms with E-state index in [2.05, 4.69) is 20.7 Å². The number of carboxylic acid groups (broad SMARTS) is 1. The molecule has 9 heteroatoms. The fourth-order valence-corrected chi connectivity index (χ4v) is 3.33. The molecule has 2 N–H and O–H groups in total. The van der Waals surface area contributed by atoms with Crippen LogP contribution in [0.2, 0.25) is 0 Å². The number of H-pyrrole nitrogens is 1. The maximum Gasteiger partial charge on any atom is 0.289 e. The van der Waals surface area contributed by atoms with Gasteiger partial charge in [-0.2, -0.15) is 10.2 Å². The predicted octanol–water partition coefficient (Wildman–Crippen LogP) is 2.13. The van der Waals surface area contributed by atoms with E-state index < -0.39 is 18.5 Å². The zero-order valence-corrected chi connectivity index (χ0v) is 17.6. The molecule has 0 fully saturated rings. The molecule has 0 aliphatic carbocycles. The summed E-state index contributed by atoms with van der Waals surface area (Å²) >= 11 is 0. The van der Waals surface area contributed by atoms with Crippen molar-refractivity contribution in [2.24, 2.45) is 5.10 Å². The van der Waals surface area contributed by atoms with E-state index in [9.17, 15) is 14.7 Å². The molecule has 0 saturated heterocycles. The number of carbonyl (C=O) groups is 2. The molecule has 0 spiro atoms. The summed E-state index contributed by atoms with van der Waals surface area (Å²) in [7, 11) is 1.58. The number of hydrogen-bond acceptors (Lipinski definition) is 7. The Labute approximate surface area is 188 Å². The van der Waals surface area contributed by atoms with Crippen LogP contribution in [0.3, 0.4) is 0 Å². The Hall–Kier alpha value is -4.66. The van der Waals surface area contributed by atoms with Gasteiger partial charge in [0.15, 0.2) is 0 Å². The third-order valence-corrected chi connectivity index (χ3v) is 4.82. The van der Waals surface area contributed by atoms with Crippen LogP contribution in [0.4, 0.5) is 0 Å². The summed E-state index contributed by atoms with van der Waals surface area (Å²) in [5.41, 5.74) is 4.44. The van der Waals surface area contributed by atoms with Crippen LogP contribution in [0, 0.1) is 0 Å². The lowest BCUT2D eigenvalue weighted by molar-refractivity contribution is -0.307. The van der Waals surface area contributed by atoms with Crippen molar-refractivity contribution in [3.8, 4) is 22.8 Å². The van der Waals surface area contributed by atoms with Crippen LogP contribution in [0.5, 0.6) is 11.5 Å². The van der Waals surface area contributed by atoms with Gasteiger partial charge in [0.1, 0.15) is 23.8 Å². The average Bonchev–Trinajstić information content (AvgIpc) is 3.32. The van der Waals surface area contributed by atoms with Crippen LogP contribution in [0.1, 0.15) is 16.1 Å². The number of hydrogen-bond donors (Lipinski definition) is 2. The highest BCUT2D eigenvalue weighted by atomic mass is 16.5. The van der Waals surface area contributed by atoms with Gasteiger partial charge in [-0.3, -0.25) is 9.89 Å². The monoisotopic (exact) mass is 443 g/mol. The van der Waals surface area contributed by atoms with E-state index in [4.69, 9.17) is 9.47 Å². The number of nitrogens with one attached hydrogen (secondary N) is 2. The van der Waals surface area contributed by atoms with E-state index in [-0.39, 0.29) is 5.69 Å². The number of rotatable bonds is 8. The van der Waals surface area contributed by atoms with E-state index in [1.54, 1.807) is 37.4 Å². The number of ether oxygens (including phenoxy) is 2. The van der Waals surface area contributed by atoms with Gasteiger partial charge < -0.3 is 19.4 Å². The average molecular weight is 443 g/mol. The van der Waals surface area contributed by atoms with Crippen LogP contribution in [-0.4, -0.2) is 42.0 Å². The molecule has 4 aromatic rings. The van der Waals surface area contributed by atoms with Crippen molar-refractivity contribution in [1.29, 1.82) is 0 Å². The summed E-state index contributed by atoms with van der Waals surface area (Å²) in [5.74, 6) is -0.907. The maximum atomic E-state index is 12.6. The highest BCUT2D eigenvalue weighted by molar-refractivity contribution is 6.00. The number of nitrogens with zero attached hydrogens (tertiary/aromatic N) is 2. The Morgan fingerprint density at radius 1 is 1.09 bits per heavy atom. The van der Waals surface area contributed by atoms with Gasteiger partial charge in [-0.1, -0.05) is 42.5 Å². The highest BCUT2D eigenvalue weighted by Crippen LogP contribution is 2.36. The standard InChI is InChI=1S/C24H20N4O5/c1-32-21-11-10-15-6-2-4-8-17(15)23(21)18-12-19(27-26-18)24(31)28-25-13-16-7-3-5-9-20(16)33-14-22(29)30/h2-13H,14H2,1H3,(H,26,27)(H,28,31)(H,29,30)/p-1/b25-13-. The Morgan fingerprint density at radius 2 is 1.88 bits per heavy atom. The molecule has 9 nitrogen and oxygen atoms in total. The van der Waals surface area contributed by atoms with Crippen molar-refractivity contribution < 1.29 is 24.2 Å². The molecule has 1 amide bonds. The minimum Gasteiger partial charge on any atom is -0.546 e. The molecule has 3 aromatic carbocycles. The molecule has 4 rings (SSSR count). The molecular weight excluding hydrogens is 424 g/mol. The number of aromatic amines is 1. The lowest BCUT2D eigenvalue weighted by Gasteiger charge is -2.09. The third kappa shape index (κ3) is 4.82. The van der Waals surface area contributed by atoms with E-state index in [1.165, 1.54) is 6.21 Å². The summed E-state index contributed by atoms with van der Waals surface area (Å²) in [6, 6.07) is 19.9. The molecule has 33 heavy (non-hydrogen) atoms. The lowest BCUT2D eigenvalue weighted by atomic mass is 10.0. The van der Waals surface area contributed by atoms with Gasteiger partial charge >= 0.3 is 0 Å². The van der Waals surface area contributed by atoms with Gasteiger partial charge in [0.2, 0.25) is 0 Å². The summed E-state index contributed by atoms with van der Waals surface area (Å²) in [6.07, 6.45) is 1.35. The van der Waals surface area contributed by atoms with Crippen molar-refractivity contribution in [2.45, 2.75) is 0 Å². The van der Waals surface area contributed by atoms with Crippen molar-refractivity contribution in [3.63, 3.8) is 0 Å². The summed E-state index contributed by atoms with van der Waals surface area (Å²) in [6.45, 7) is -0.592. The normalized spacial score (nSPS) is 10.9.